The number of thiazole rings is 1. The SMILES string of the molecule is Cc1ncc(NC(=O)CCC2CCCN2C(=O)O)cc1NC(=O)c1cnn2cc(-c3cnn(C)c3)sc12. The second kappa shape index (κ2) is 10.0. The van der Waals surface area contributed by atoms with E-state index in [0.717, 1.165) is 23.3 Å². The molecule has 1 aliphatic heterocycles. The van der Waals surface area contributed by atoms with E-state index in [0.29, 0.717) is 40.4 Å². The number of aryl methyl sites for hydroxylation is 2. The molecule has 3 amide bonds. The van der Waals surface area contributed by atoms with Gasteiger partial charge in [-0.15, -0.1) is 11.3 Å². The van der Waals surface area contributed by atoms with Crippen molar-refractivity contribution in [1.82, 2.24) is 29.3 Å². The molecule has 1 fully saturated rings. The molecule has 0 radical (unpaired) electrons. The molecule has 12 nitrogen and oxygen atoms in total. The molecular formula is C24H26N8O4S. The first-order chi connectivity index (χ1) is 17.8. The van der Waals surface area contributed by atoms with Gasteiger partial charge in [0.15, 0.2) is 0 Å². The summed E-state index contributed by atoms with van der Waals surface area (Å²) in [6.45, 7) is 2.27. The first-order valence-electron chi connectivity index (χ1n) is 11.8. The third kappa shape index (κ3) is 5.16. The number of amides is 3. The molecule has 0 aliphatic carbocycles. The highest BCUT2D eigenvalue weighted by atomic mass is 32.1. The van der Waals surface area contributed by atoms with Gasteiger partial charge in [-0.1, -0.05) is 0 Å². The van der Waals surface area contributed by atoms with Gasteiger partial charge in [-0.3, -0.25) is 19.3 Å². The van der Waals surface area contributed by atoms with E-state index < -0.39 is 6.09 Å². The van der Waals surface area contributed by atoms with E-state index >= 15 is 0 Å². The number of nitrogens with zero attached hydrogens (tertiary/aromatic N) is 6. The number of carbonyl (C=O) groups excluding carboxylic acids is 2. The standard InChI is InChI=1S/C24H26N8O4S/c1-14-19(8-16(10-25-14)28-21(33)6-5-17-4-3-7-31(17)24(35)36)29-22(34)18-11-27-32-13-20(37-23(18)32)15-9-26-30(2)12-15/h8-13,17H,3-7H2,1-2H3,(H,28,33)(H,29,34)(H,35,36). The maximum Gasteiger partial charge on any atom is 0.407 e. The number of hydrogen-bond donors (Lipinski definition) is 3. The van der Waals surface area contributed by atoms with Crippen LogP contribution in [-0.2, 0) is 11.8 Å². The zero-order chi connectivity index (χ0) is 26.1. The van der Waals surface area contributed by atoms with Gasteiger partial charge in [0.25, 0.3) is 5.91 Å². The fraction of sp³-hybridized carbons (Fsp3) is 0.333. The predicted molar refractivity (Wildman–Crippen MR) is 138 cm³/mol. The van der Waals surface area contributed by atoms with E-state index in [2.05, 4.69) is 25.8 Å². The number of fused-ring (bicyclic) bond motifs is 1. The topological polar surface area (TPSA) is 147 Å². The highest BCUT2D eigenvalue weighted by Gasteiger charge is 2.28. The zero-order valence-corrected chi connectivity index (χ0v) is 21.2. The molecule has 13 heteroatoms. The Labute approximate surface area is 215 Å². The predicted octanol–water partition coefficient (Wildman–Crippen LogP) is 3.61. The van der Waals surface area contributed by atoms with Gasteiger partial charge in [-0.25, -0.2) is 9.31 Å². The summed E-state index contributed by atoms with van der Waals surface area (Å²) in [4.78, 5) is 44.3. The Balaban J connectivity index is 1.25. The van der Waals surface area contributed by atoms with Crippen molar-refractivity contribution in [3.05, 3.63) is 48.3 Å². The Morgan fingerprint density at radius 1 is 1.16 bits per heavy atom. The number of anilines is 2. The van der Waals surface area contributed by atoms with E-state index in [4.69, 9.17) is 0 Å². The molecule has 1 unspecified atom stereocenters. The lowest BCUT2D eigenvalue weighted by Crippen LogP contribution is -2.34. The molecule has 0 bridgehead atoms. The number of rotatable bonds is 7. The molecular weight excluding hydrogens is 496 g/mol. The summed E-state index contributed by atoms with van der Waals surface area (Å²) in [5.74, 6) is -0.571. The van der Waals surface area contributed by atoms with Gasteiger partial charge in [0.05, 0.1) is 46.1 Å². The van der Waals surface area contributed by atoms with E-state index in [9.17, 15) is 19.5 Å². The molecule has 4 aromatic heterocycles. The Kier molecular flexibility index (Phi) is 6.61. The molecule has 0 aromatic carbocycles. The summed E-state index contributed by atoms with van der Waals surface area (Å²) in [6.07, 6.45) is 9.84. The van der Waals surface area contributed by atoms with Crippen LogP contribution in [0.4, 0.5) is 16.2 Å². The van der Waals surface area contributed by atoms with Gasteiger partial charge in [0.1, 0.15) is 4.83 Å². The molecule has 5 heterocycles. The minimum atomic E-state index is -0.947. The van der Waals surface area contributed by atoms with Crippen LogP contribution >= 0.6 is 11.3 Å². The van der Waals surface area contributed by atoms with Crippen molar-refractivity contribution in [3.63, 3.8) is 0 Å². The van der Waals surface area contributed by atoms with Gasteiger partial charge in [0.2, 0.25) is 5.91 Å². The largest absolute Gasteiger partial charge is 0.465 e. The van der Waals surface area contributed by atoms with E-state index in [-0.39, 0.29) is 24.3 Å². The maximum absolute atomic E-state index is 13.1. The number of nitrogens with one attached hydrogen (secondary N) is 2. The highest BCUT2D eigenvalue weighted by Crippen LogP contribution is 2.30. The number of hydrogen-bond acceptors (Lipinski definition) is 7. The van der Waals surface area contributed by atoms with Gasteiger partial charge in [-0.05, 0) is 32.3 Å². The van der Waals surface area contributed by atoms with Crippen LogP contribution in [0.1, 0.15) is 41.7 Å². The summed E-state index contributed by atoms with van der Waals surface area (Å²) in [7, 11) is 1.84. The first kappa shape index (κ1) is 24.4. The maximum atomic E-state index is 13.1. The molecule has 4 aromatic rings. The third-order valence-corrected chi connectivity index (χ3v) is 7.54. The van der Waals surface area contributed by atoms with Crippen molar-refractivity contribution in [2.75, 3.05) is 17.2 Å². The molecule has 1 saturated heterocycles. The normalized spacial score (nSPS) is 15.3. The number of likely N-dealkylation sites (tertiary alicyclic amines) is 1. The number of pyridine rings is 1. The van der Waals surface area contributed by atoms with Crippen LogP contribution in [0.2, 0.25) is 0 Å². The van der Waals surface area contributed by atoms with E-state index in [1.165, 1.54) is 28.6 Å². The van der Waals surface area contributed by atoms with Crippen molar-refractivity contribution in [3.8, 4) is 10.4 Å². The molecule has 3 N–H and O–H groups in total. The smallest absolute Gasteiger partial charge is 0.407 e. The molecule has 0 saturated carbocycles. The van der Waals surface area contributed by atoms with Gasteiger partial charge in [0, 0.05) is 44.0 Å². The zero-order valence-electron chi connectivity index (χ0n) is 20.3. The molecule has 1 atom stereocenters. The summed E-state index contributed by atoms with van der Waals surface area (Å²) in [6, 6.07) is 1.52. The Morgan fingerprint density at radius 2 is 2.00 bits per heavy atom. The second-order valence-electron chi connectivity index (χ2n) is 8.98. The first-order valence-corrected chi connectivity index (χ1v) is 12.6. The van der Waals surface area contributed by atoms with Crippen molar-refractivity contribution >= 4 is 45.4 Å². The van der Waals surface area contributed by atoms with Crippen LogP contribution < -0.4 is 10.6 Å². The Hall–Kier alpha value is -4.26. The highest BCUT2D eigenvalue weighted by molar-refractivity contribution is 7.21. The Morgan fingerprint density at radius 3 is 2.76 bits per heavy atom. The molecule has 192 valence electrons. The minimum Gasteiger partial charge on any atom is -0.465 e. The van der Waals surface area contributed by atoms with Gasteiger partial charge < -0.3 is 20.6 Å². The van der Waals surface area contributed by atoms with E-state index in [1.54, 1.807) is 28.4 Å². The average molecular weight is 523 g/mol. The lowest BCUT2D eigenvalue weighted by Gasteiger charge is -2.21. The minimum absolute atomic E-state index is 0.141. The number of aromatic nitrogens is 5. The third-order valence-electron chi connectivity index (χ3n) is 6.38. The van der Waals surface area contributed by atoms with Crippen molar-refractivity contribution in [1.29, 1.82) is 0 Å². The fourth-order valence-corrected chi connectivity index (χ4v) is 5.48. The quantitative estimate of drug-likeness (QED) is 0.336. The second-order valence-corrected chi connectivity index (χ2v) is 10.0. The van der Waals surface area contributed by atoms with Crippen LogP contribution in [0.25, 0.3) is 15.3 Å². The van der Waals surface area contributed by atoms with Gasteiger partial charge in [-0.2, -0.15) is 10.2 Å². The van der Waals surface area contributed by atoms with Crippen molar-refractivity contribution < 1.29 is 19.5 Å². The fourth-order valence-electron chi connectivity index (χ4n) is 4.45. The van der Waals surface area contributed by atoms with Crippen LogP contribution in [0.3, 0.4) is 0 Å². The molecule has 0 spiro atoms. The molecule has 1 aliphatic rings. The van der Waals surface area contributed by atoms with Crippen LogP contribution in [0.5, 0.6) is 0 Å². The summed E-state index contributed by atoms with van der Waals surface area (Å²) in [5.41, 5.74) is 2.88. The van der Waals surface area contributed by atoms with Crippen LogP contribution in [0.15, 0.2) is 37.1 Å². The van der Waals surface area contributed by atoms with Crippen LogP contribution in [-0.4, -0.2) is 64.9 Å². The van der Waals surface area contributed by atoms with Crippen molar-refractivity contribution in [2.24, 2.45) is 7.05 Å². The van der Waals surface area contributed by atoms with E-state index in [1.807, 2.05) is 19.4 Å². The number of carbonyl (C=O) groups is 3. The number of carboxylic acid groups (broad SMARTS) is 1. The van der Waals surface area contributed by atoms with Crippen LogP contribution in [0, 0.1) is 6.92 Å². The monoisotopic (exact) mass is 522 g/mol. The van der Waals surface area contributed by atoms with Gasteiger partial charge >= 0.3 is 6.09 Å². The average Bonchev–Trinajstić information content (AvgIpc) is 3.63. The summed E-state index contributed by atoms with van der Waals surface area (Å²) < 4.78 is 3.38. The summed E-state index contributed by atoms with van der Waals surface area (Å²) >= 11 is 1.44. The Bertz CT molecular complexity index is 1490. The van der Waals surface area contributed by atoms with Crippen molar-refractivity contribution in [2.45, 2.75) is 38.6 Å². The lowest BCUT2D eigenvalue weighted by atomic mass is 10.1. The molecule has 37 heavy (non-hydrogen) atoms. The lowest BCUT2D eigenvalue weighted by molar-refractivity contribution is -0.116. The summed E-state index contributed by atoms with van der Waals surface area (Å²) in [5, 5.41) is 23.4. The molecule has 5 rings (SSSR count).